The average Bonchev–Trinajstić information content (AvgIpc) is 2.56. The highest BCUT2D eigenvalue weighted by Crippen LogP contribution is 2.57. The van der Waals surface area contributed by atoms with Gasteiger partial charge < -0.3 is 24.8 Å². The van der Waals surface area contributed by atoms with Gasteiger partial charge in [0.05, 0.1) is 25.9 Å². The Kier molecular flexibility index (Phi) is 8.99. The minimum atomic E-state index is 0.347. The monoisotopic (exact) mass is 355 g/mol. The summed E-state index contributed by atoms with van der Waals surface area (Å²) in [7, 11) is 1.82. The summed E-state index contributed by atoms with van der Waals surface area (Å²) in [4.78, 5) is 4.35. The normalized spacial score (nSPS) is 24.7. The van der Waals surface area contributed by atoms with Crippen LogP contribution in [-0.2, 0) is 14.2 Å². The molecule has 0 amide bonds. The molecule has 2 N–H and O–H groups in total. The van der Waals surface area contributed by atoms with Crippen molar-refractivity contribution in [2.24, 2.45) is 10.4 Å². The lowest BCUT2D eigenvalue weighted by molar-refractivity contribution is -0.168. The van der Waals surface area contributed by atoms with Crippen LogP contribution in [0.15, 0.2) is 4.99 Å². The molecule has 6 heteroatoms. The molecule has 1 spiro atoms. The van der Waals surface area contributed by atoms with E-state index in [1.165, 1.54) is 25.7 Å². The molecular formula is C19H37N3O3. The molecule has 25 heavy (non-hydrogen) atoms. The largest absolute Gasteiger partial charge is 0.379 e. The molecule has 2 aliphatic carbocycles. The standard InChI is InChI=1S/C19H37N3O3/c1-4-6-11-23-13-14-24-12-10-21-18(20-3)22-16-15-17(25-5-2)19(16)8-7-9-19/h16-17H,4-15H2,1-3H3,(H2,20,21,22). The summed E-state index contributed by atoms with van der Waals surface area (Å²) < 4.78 is 17.0. The smallest absolute Gasteiger partial charge is 0.191 e. The zero-order valence-corrected chi connectivity index (χ0v) is 16.3. The van der Waals surface area contributed by atoms with Crippen molar-refractivity contribution in [1.29, 1.82) is 0 Å². The lowest BCUT2D eigenvalue weighted by atomic mass is 9.51. The first-order valence-corrected chi connectivity index (χ1v) is 10.0. The van der Waals surface area contributed by atoms with Crippen LogP contribution in [0.3, 0.4) is 0 Å². The van der Waals surface area contributed by atoms with Gasteiger partial charge in [-0.15, -0.1) is 0 Å². The molecule has 0 heterocycles. The number of nitrogens with zero attached hydrogens (tertiary/aromatic N) is 1. The van der Waals surface area contributed by atoms with Crippen LogP contribution in [0.5, 0.6) is 0 Å². The highest BCUT2D eigenvalue weighted by molar-refractivity contribution is 5.80. The Balaban J connectivity index is 1.56. The van der Waals surface area contributed by atoms with E-state index in [1.807, 2.05) is 7.05 Å². The topological polar surface area (TPSA) is 64.1 Å². The second kappa shape index (κ2) is 11.0. The van der Waals surface area contributed by atoms with Crippen molar-refractivity contribution >= 4 is 5.96 Å². The van der Waals surface area contributed by atoms with Gasteiger partial charge in [-0.3, -0.25) is 4.99 Å². The second-order valence-electron chi connectivity index (χ2n) is 7.04. The van der Waals surface area contributed by atoms with Crippen molar-refractivity contribution in [1.82, 2.24) is 10.6 Å². The molecule has 2 rings (SSSR count). The summed E-state index contributed by atoms with van der Waals surface area (Å²) in [5.74, 6) is 0.869. The Morgan fingerprint density at radius 2 is 1.88 bits per heavy atom. The van der Waals surface area contributed by atoms with Crippen LogP contribution in [0.1, 0.15) is 52.4 Å². The van der Waals surface area contributed by atoms with Crippen LogP contribution in [0, 0.1) is 5.41 Å². The summed E-state index contributed by atoms with van der Waals surface area (Å²) in [6.07, 6.45) is 7.67. The summed E-state index contributed by atoms with van der Waals surface area (Å²) in [5, 5.41) is 6.93. The van der Waals surface area contributed by atoms with Crippen LogP contribution in [0.25, 0.3) is 0 Å². The van der Waals surface area contributed by atoms with Gasteiger partial charge in [0.25, 0.3) is 0 Å². The maximum absolute atomic E-state index is 5.91. The van der Waals surface area contributed by atoms with Crippen LogP contribution in [0.4, 0.5) is 0 Å². The van der Waals surface area contributed by atoms with Crippen molar-refractivity contribution in [3.63, 3.8) is 0 Å². The first-order chi connectivity index (χ1) is 12.3. The number of guanidine groups is 1. The minimum absolute atomic E-state index is 0.347. The van der Waals surface area contributed by atoms with E-state index in [9.17, 15) is 0 Å². The van der Waals surface area contributed by atoms with Crippen molar-refractivity contribution in [3.05, 3.63) is 0 Å². The van der Waals surface area contributed by atoms with Gasteiger partial charge in [0, 0.05) is 38.3 Å². The Morgan fingerprint density at radius 1 is 1.12 bits per heavy atom. The molecule has 146 valence electrons. The van der Waals surface area contributed by atoms with Gasteiger partial charge in [-0.2, -0.15) is 0 Å². The number of nitrogens with one attached hydrogen (secondary N) is 2. The molecule has 2 atom stereocenters. The third-order valence-electron chi connectivity index (χ3n) is 5.52. The van der Waals surface area contributed by atoms with E-state index in [1.54, 1.807) is 0 Å². The van der Waals surface area contributed by atoms with Gasteiger partial charge in [-0.25, -0.2) is 0 Å². The molecule has 0 radical (unpaired) electrons. The third-order valence-corrected chi connectivity index (χ3v) is 5.52. The lowest BCUT2D eigenvalue weighted by Crippen LogP contribution is -2.68. The SMILES string of the molecule is CCCCOCCOCCNC(=NC)NC1CC(OCC)C12CCC2. The predicted molar refractivity (Wildman–Crippen MR) is 101 cm³/mol. The van der Waals surface area contributed by atoms with Gasteiger partial charge >= 0.3 is 0 Å². The number of hydrogen-bond acceptors (Lipinski definition) is 4. The molecular weight excluding hydrogens is 318 g/mol. The zero-order valence-electron chi connectivity index (χ0n) is 16.3. The number of ether oxygens (including phenoxy) is 3. The Labute approximate surface area is 153 Å². The van der Waals surface area contributed by atoms with E-state index >= 15 is 0 Å². The van der Waals surface area contributed by atoms with Gasteiger partial charge in [0.2, 0.25) is 0 Å². The quantitative estimate of drug-likeness (QED) is 0.320. The lowest BCUT2D eigenvalue weighted by Gasteiger charge is -2.61. The van der Waals surface area contributed by atoms with Crippen molar-refractivity contribution in [3.8, 4) is 0 Å². The van der Waals surface area contributed by atoms with E-state index < -0.39 is 0 Å². The van der Waals surface area contributed by atoms with E-state index in [4.69, 9.17) is 14.2 Å². The minimum Gasteiger partial charge on any atom is -0.379 e. The van der Waals surface area contributed by atoms with Crippen LogP contribution < -0.4 is 10.6 Å². The first-order valence-electron chi connectivity index (χ1n) is 10.0. The molecule has 0 bridgehead atoms. The number of unbranched alkanes of at least 4 members (excludes halogenated alkanes) is 1. The fraction of sp³-hybridized carbons (Fsp3) is 0.947. The van der Waals surface area contributed by atoms with Gasteiger partial charge in [-0.1, -0.05) is 19.8 Å². The average molecular weight is 356 g/mol. The second-order valence-corrected chi connectivity index (χ2v) is 7.04. The van der Waals surface area contributed by atoms with Crippen LogP contribution in [-0.4, -0.2) is 64.7 Å². The van der Waals surface area contributed by atoms with Crippen LogP contribution in [0.2, 0.25) is 0 Å². The van der Waals surface area contributed by atoms with E-state index in [0.29, 0.717) is 37.4 Å². The van der Waals surface area contributed by atoms with Crippen molar-refractivity contribution in [2.45, 2.75) is 64.5 Å². The highest BCUT2D eigenvalue weighted by atomic mass is 16.5. The van der Waals surface area contributed by atoms with Crippen LogP contribution >= 0.6 is 0 Å². The van der Waals surface area contributed by atoms with E-state index in [2.05, 4.69) is 29.5 Å². The highest BCUT2D eigenvalue weighted by Gasteiger charge is 2.59. The number of rotatable bonds is 12. The molecule has 6 nitrogen and oxygen atoms in total. The van der Waals surface area contributed by atoms with Gasteiger partial charge in [-0.05, 0) is 32.6 Å². The zero-order chi connectivity index (χ0) is 18.0. The summed E-state index contributed by atoms with van der Waals surface area (Å²) in [6.45, 7) is 8.64. The molecule has 2 aliphatic rings. The fourth-order valence-corrected chi connectivity index (χ4v) is 3.81. The summed E-state index contributed by atoms with van der Waals surface area (Å²) >= 11 is 0. The molecule has 0 aromatic heterocycles. The third kappa shape index (κ3) is 5.56. The molecule has 0 aliphatic heterocycles. The van der Waals surface area contributed by atoms with E-state index in [-0.39, 0.29) is 0 Å². The Bertz CT molecular complexity index is 399. The molecule has 0 aromatic carbocycles. The van der Waals surface area contributed by atoms with Gasteiger partial charge in [0.15, 0.2) is 5.96 Å². The number of hydrogen-bond donors (Lipinski definition) is 2. The maximum Gasteiger partial charge on any atom is 0.191 e. The predicted octanol–water partition coefficient (Wildman–Crippen LogP) is 2.33. The van der Waals surface area contributed by atoms with E-state index in [0.717, 1.165) is 38.6 Å². The maximum atomic E-state index is 5.91. The summed E-state index contributed by atoms with van der Waals surface area (Å²) in [6, 6.07) is 0.483. The molecule has 0 saturated heterocycles. The van der Waals surface area contributed by atoms with Crippen molar-refractivity contribution in [2.75, 3.05) is 46.6 Å². The first kappa shape index (κ1) is 20.5. The van der Waals surface area contributed by atoms with Crippen molar-refractivity contribution < 1.29 is 14.2 Å². The fourth-order valence-electron chi connectivity index (χ4n) is 3.81. The molecule has 2 fully saturated rings. The Hall–Kier alpha value is -0.850. The molecule has 0 aromatic rings. The molecule has 2 unspecified atom stereocenters. The summed E-state index contributed by atoms with van der Waals surface area (Å²) in [5.41, 5.74) is 0.347. The Morgan fingerprint density at radius 3 is 2.48 bits per heavy atom. The van der Waals surface area contributed by atoms with Gasteiger partial charge in [0.1, 0.15) is 0 Å². The number of aliphatic imine (C=N–C) groups is 1. The molecule has 2 saturated carbocycles.